The summed E-state index contributed by atoms with van der Waals surface area (Å²) in [6.07, 6.45) is 0. The van der Waals surface area contributed by atoms with Gasteiger partial charge in [-0.3, -0.25) is 0 Å². The van der Waals surface area contributed by atoms with E-state index in [9.17, 15) is 0 Å². The third kappa shape index (κ3) is 4.42. The van der Waals surface area contributed by atoms with Gasteiger partial charge in [-0.1, -0.05) is 5.16 Å². The highest BCUT2D eigenvalue weighted by molar-refractivity contribution is 5.94. The molecule has 0 aromatic carbocycles. The minimum absolute atomic E-state index is 0.130. The van der Waals surface area contributed by atoms with Crippen molar-refractivity contribution in [1.82, 2.24) is 15.0 Å². The van der Waals surface area contributed by atoms with Crippen molar-refractivity contribution in [3.05, 3.63) is 5.82 Å². The summed E-state index contributed by atoms with van der Waals surface area (Å²) >= 11 is 0. The number of hydrogen-bond donors (Lipinski definition) is 2. The van der Waals surface area contributed by atoms with Gasteiger partial charge in [-0.2, -0.15) is 15.0 Å². The zero-order chi connectivity index (χ0) is 15.9. The van der Waals surface area contributed by atoms with Gasteiger partial charge in [0.15, 0.2) is 0 Å². The number of amidine groups is 1. The van der Waals surface area contributed by atoms with Crippen LogP contribution >= 0.6 is 0 Å². The van der Waals surface area contributed by atoms with Gasteiger partial charge >= 0.3 is 0 Å². The third-order valence-electron chi connectivity index (χ3n) is 2.86. The second-order valence-corrected chi connectivity index (χ2v) is 5.08. The van der Waals surface area contributed by atoms with Crippen molar-refractivity contribution in [3.63, 3.8) is 0 Å². The van der Waals surface area contributed by atoms with Crippen molar-refractivity contribution in [2.45, 2.75) is 26.8 Å². The number of anilines is 2. The molecular weight excluding hydrogens is 286 g/mol. The van der Waals surface area contributed by atoms with Crippen LogP contribution in [0, 0.1) is 0 Å². The Morgan fingerprint density at radius 3 is 2.73 bits per heavy atom. The first-order valence-electron chi connectivity index (χ1n) is 7.41. The van der Waals surface area contributed by atoms with Gasteiger partial charge in [0.25, 0.3) is 0 Å². The average molecular weight is 309 g/mol. The molecule has 0 saturated carbocycles. The van der Waals surface area contributed by atoms with Gasteiger partial charge in [-0.25, -0.2) is 0 Å². The molecule has 1 aliphatic heterocycles. The first kappa shape index (κ1) is 16.2. The molecule has 1 aromatic heterocycles. The summed E-state index contributed by atoms with van der Waals surface area (Å²) < 4.78 is 5.35. The fraction of sp³-hybridized carbons (Fsp3) is 0.692. The molecule has 22 heavy (non-hydrogen) atoms. The van der Waals surface area contributed by atoms with E-state index in [1.807, 2.05) is 25.7 Å². The van der Waals surface area contributed by atoms with Crippen LogP contribution in [0.2, 0.25) is 0 Å². The first-order chi connectivity index (χ1) is 10.6. The Morgan fingerprint density at radius 2 is 2.09 bits per heavy atom. The molecule has 0 spiro atoms. The van der Waals surface area contributed by atoms with Gasteiger partial charge in [0.2, 0.25) is 23.6 Å². The summed E-state index contributed by atoms with van der Waals surface area (Å²) in [4.78, 5) is 20.1. The second-order valence-electron chi connectivity index (χ2n) is 5.08. The van der Waals surface area contributed by atoms with Crippen LogP contribution in [0.15, 0.2) is 5.16 Å². The number of nitrogens with one attached hydrogen (secondary N) is 1. The Morgan fingerprint density at radius 1 is 1.36 bits per heavy atom. The van der Waals surface area contributed by atoms with Crippen LogP contribution in [0.5, 0.6) is 0 Å². The maximum absolute atomic E-state index is 5.88. The van der Waals surface area contributed by atoms with E-state index in [0.29, 0.717) is 37.5 Å². The minimum Gasteiger partial charge on any atom is -0.394 e. The molecule has 9 heteroatoms. The highest BCUT2D eigenvalue weighted by Crippen LogP contribution is 2.13. The maximum Gasteiger partial charge on any atom is 0.230 e. The van der Waals surface area contributed by atoms with E-state index in [4.69, 9.17) is 15.3 Å². The Labute approximate surface area is 129 Å². The molecule has 1 saturated heterocycles. The minimum atomic E-state index is 0.130. The lowest BCUT2D eigenvalue weighted by Crippen LogP contribution is -2.38. The lowest BCUT2D eigenvalue weighted by atomic mass is 10.4. The monoisotopic (exact) mass is 309 g/mol. The summed E-state index contributed by atoms with van der Waals surface area (Å²) in [5.41, 5.74) is 5.88. The Hall–Kier alpha value is -2.16. The van der Waals surface area contributed by atoms with Crippen LogP contribution in [0.3, 0.4) is 0 Å². The topological polar surface area (TPSA) is 111 Å². The summed E-state index contributed by atoms with van der Waals surface area (Å²) in [6.45, 7) is 9.03. The van der Waals surface area contributed by atoms with E-state index in [1.54, 1.807) is 0 Å². The summed E-state index contributed by atoms with van der Waals surface area (Å²) in [7, 11) is 0. The second kappa shape index (κ2) is 7.74. The van der Waals surface area contributed by atoms with Gasteiger partial charge in [-0.15, -0.1) is 0 Å². The Kier molecular flexibility index (Phi) is 5.70. The first-order valence-corrected chi connectivity index (χ1v) is 7.41. The predicted octanol–water partition coefficient (Wildman–Crippen LogP) is 0.185. The highest BCUT2D eigenvalue weighted by atomic mass is 16.6. The van der Waals surface area contributed by atoms with Crippen LogP contribution in [-0.2, 0) is 9.57 Å². The molecule has 0 bridgehead atoms. The Balaban J connectivity index is 2.31. The lowest BCUT2D eigenvalue weighted by Gasteiger charge is -2.27. The van der Waals surface area contributed by atoms with Crippen molar-refractivity contribution in [2.75, 3.05) is 43.1 Å². The molecule has 9 nitrogen and oxygen atoms in total. The van der Waals surface area contributed by atoms with Gasteiger partial charge in [0.05, 0.1) is 13.2 Å². The Bertz CT molecular complexity index is 515. The van der Waals surface area contributed by atoms with Crippen LogP contribution in [0.25, 0.3) is 0 Å². The molecular formula is C13H23N7O2. The van der Waals surface area contributed by atoms with Crippen molar-refractivity contribution < 1.29 is 9.57 Å². The number of nitrogens with two attached hydrogens (primary N) is 1. The molecule has 0 radical (unpaired) electrons. The van der Waals surface area contributed by atoms with E-state index < -0.39 is 0 Å². The normalized spacial score (nSPS) is 16.0. The molecule has 0 aliphatic carbocycles. The molecule has 122 valence electrons. The van der Waals surface area contributed by atoms with Crippen molar-refractivity contribution in [2.24, 2.45) is 10.9 Å². The number of nitrogens with zero attached hydrogens (tertiary/aromatic N) is 5. The number of aromatic nitrogens is 3. The molecule has 1 aromatic rings. The van der Waals surface area contributed by atoms with E-state index in [0.717, 1.165) is 13.1 Å². The van der Waals surface area contributed by atoms with Crippen LogP contribution < -0.4 is 16.0 Å². The predicted molar refractivity (Wildman–Crippen MR) is 84.0 cm³/mol. The van der Waals surface area contributed by atoms with Crippen molar-refractivity contribution in [3.8, 4) is 0 Å². The summed E-state index contributed by atoms with van der Waals surface area (Å²) in [5, 5.41) is 6.95. The molecule has 1 aliphatic rings. The van der Waals surface area contributed by atoms with E-state index in [1.165, 1.54) is 0 Å². The molecule has 2 rings (SSSR count). The molecule has 3 N–H and O–H groups in total. The van der Waals surface area contributed by atoms with Crippen molar-refractivity contribution >= 4 is 17.7 Å². The number of morpholine rings is 1. The van der Waals surface area contributed by atoms with Gasteiger partial charge in [-0.05, 0) is 20.8 Å². The molecule has 1 fully saturated rings. The highest BCUT2D eigenvalue weighted by Gasteiger charge is 2.18. The quantitative estimate of drug-likeness (QED) is 0.435. The zero-order valence-electron chi connectivity index (χ0n) is 13.2. The third-order valence-corrected chi connectivity index (χ3v) is 2.86. The zero-order valence-corrected chi connectivity index (χ0v) is 13.2. The van der Waals surface area contributed by atoms with Crippen LogP contribution in [0.4, 0.5) is 11.9 Å². The fourth-order valence-corrected chi connectivity index (χ4v) is 1.88. The molecule has 0 amide bonds. The maximum atomic E-state index is 5.88. The largest absolute Gasteiger partial charge is 0.394 e. The number of ether oxygens (including phenoxy) is 1. The van der Waals surface area contributed by atoms with Crippen LogP contribution in [0.1, 0.15) is 26.6 Å². The molecule has 0 unspecified atom stereocenters. The summed E-state index contributed by atoms with van der Waals surface area (Å²) in [5.74, 6) is 1.46. The number of rotatable bonds is 6. The molecule has 2 heterocycles. The number of oxime groups is 1. The average Bonchev–Trinajstić information content (AvgIpc) is 2.52. The van der Waals surface area contributed by atoms with Crippen LogP contribution in [-0.4, -0.2) is 59.7 Å². The van der Waals surface area contributed by atoms with Crippen molar-refractivity contribution in [1.29, 1.82) is 0 Å². The van der Waals surface area contributed by atoms with E-state index >= 15 is 0 Å². The SMILES string of the molecule is CCO/N=C(\N)c1nc(NC(C)C)nc(N2CCOCC2)n1. The summed E-state index contributed by atoms with van der Waals surface area (Å²) in [6, 6.07) is 0.192. The van der Waals surface area contributed by atoms with E-state index in [-0.39, 0.29) is 11.9 Å². The number of hydrogen-bond acceptors (Lipinski definition) is 8. The standard InChI is InChI=1S/C13H23N7O2/c1-4-22-19-10(14)11-16-12(15-9(2)3)18-13(17-11)20-5-7-21-8-6-20/h9H,4-8H2,1-3H3,(H2,14,19)(H,15,16,17,18). The lowest BCUT2D eigenvalue weighted by molar-refractivity contribution is 0.122. The van der Waals surface area contributed by atoms with Gasteiger partial charge < -0.3 is 25.5 Å². The van der Waals surface area contributed by atoms with Gasteiger partial charge in [0, 0.05) is 19.1 Å². The van der Waals surface area contributed by atoms with Gasteiger partial charge in [0.1, 0.15) is 6.61 Å². The van der Waals surface area contributed by atoms with E-state index in [2.05, 4.69) is 25.4 Å². The molecule has 0 atom stereocenters. The smallest absolute Gasteiger partial charge is 0.230 e. The fourth-order valence-electron chi connectivity index (χ4n) is 1.88.